The fraction of sp³-hybridized carbons (Fsp3) is 0.467. The minimum Gasteiger partial charge on any atom is -0.481 e. The van der Waals surface area contributed by atoms with Gasteiger partial charge in [0, 0.05) is 0 Å². The first-order valence-corrected chi connectivity index (χ1v) is 6.70. The molecule has 5 nitrogen and oxygen atoms in total. The van der Waals surface area contributed by atoms with Crippen molar-refractivity contribution in [3.63, 3.8) is 0 Å². The average Bonchev–Trinajstić information content (AvgIpc) is 2.42. The van der Waals surface area contributed by atoms with Gasteiger partial charge in [-0.2, -0.15) is 0 Å². The molecule has 1 rings (SSSR count). The third kappa shape index (κ3) is 4.57. The summed E-state index contributed by atoms with van der Waals surface area (Å²) in [4.78, 5) is 23.2. The SMILES string of the molecule is CCC(Oc1ccccc1)C(=O)N[C@H](C(=O)O)C(C)C. The lowest BCUT2D eigenvalue weighted by Crippen LogP contribution is -2.49. The second-order valence-corrected chi connectivity index (χ2v) is 4.90. The monoisotopic (exact) mass is 279 g/mol. The fourth-order valence-electron chi connectivity index (χ4n) is 1.75. The summed E-state index contributed by atoms with van der Waals surface area (Å²) in [5.41, 5.74) is 0. The number of carboxylic acids is 1. The molecule has 0 bridgehead atoms. The van der Waals surface area contributed by atoms with Crippen LogP contribution in [0.2, 0.25) is 0 Å². The van der Waals surface area contributed by atoms with Gasteiger partial charge in [-0.1, -0.05) is 39.0 Å². The zero-order valence-corrected chi connectivity index (χ0v) is 12.0. The third-order valence-corrected chi connectivity index (χ3v) is 2.92. The van der Waals surface area contributed by atoms with E-state index in [0.29, 0.717) is 12.2 Å². The number of carbonyl (C=O) groups excluding carboxylic acids is 1. The molecule has 0 aliphatic rings. The maximum absolute atomic E-state index is 12.1. The zero-order valence-electron chi connectivity index (χ0n) is 12.0. The Balaban J connectivity index is 2.69. The number of carboxylic acid groups (broad SMARTS) is 1. The topological polar surface area (TPSA) is 75.6 Å². The lowest BCUT2D eigenvalue weighted by atomic mass is 10.0. The van der Waals surface area contributed by atoms with Crippen molar-refractivity contribution in [1.29, 1.82) is 0 Å². The van der Waals surface area contributed by atoms with Gasteiger partial charge >= 0.3 is 5.97 Å². The maximum atomic E-state index is 12.1. The number of carbonyl (C=O) groups is 2. The predicted octanol–water partition coefficient (Wildman–Crippen LogP) is 2.07. The van der Waals surface area contributed by atoms with E-state index in [9.17, 15) is 9.59 Å². The average molecular weight is 279 g/mol. The number of hydrogen-bond donors (Lipinski definition) is 2. The summed E-state index contributed by atoms with van der Waals surface area (Å²) in [7, 11) is 0. The number of ether oxygens (including phenoxy) is 1. The number of rotatable bonds is 7. The molecule has 1 unspecified atom stereocenters. The normalized spacial score (nSPS) is 13.6. The number of amides is 1. The third-order valence-electron chi connectivity index (χ3n) is 2.92. The quantitative estimate of drug-likeness (QED) is 0.801. The smallest absolute Gasteiger partial charge is 0.326 e. The van der Waals surface area contributed by atoms with Crippen molar-refractivity contribution in [3.8, 4) is 5.75 Å². The van der Waals surface area contributed by atoms with Crippen molar-refractivity contribution in [2.24, 2.45) is 5.92 Å². The Morgan fingerprint density at radius 3 is 2.30 bits per heavy atom. The van der Waals surface area contributed by atoms with Crippen LogP contribution in [0.5, 0.6) is 5.75 Å². The van der Waals surface area contributed by atoms with Crippen LogP contribution in [0.25, 0.3) is 0 Å². The van der Waals surface area contributed by atoms with Crippen molar-refractivity contribution in [2.75, 3.05) is 0 Å². The Morgan fingerprint density at radius 1 is 1.25 bits per heavy atom. The fourth-order valence-corrected chi connectivity index (χ4v) is 1.75. The van der Waals surface area contributed by atoms with E-state index in [1.54, 1.807) is 26.0 Å². The molecule has 0 saturated heterocycles. The van der Waals surface area contributed by atoms with Crippen LogP contribution in [0.1, 0.15) is 27.2 Å². The molecule has 0 aliphatic heterocycles. The van der Waals surface area contributed by atoms with Crippen LogP contribution in [0.3, 0.4) is 0 Å². The van der Waals surface area contributed by atoms with Crippen LogP contribution in [0, 0.1) is 5.92 Å². The molecule has 110 valence electrons. The van der Waals surface area contributed by atoms with Gasteiger partial charge in [0.25, 0.3) is 5.91 Å². The molecule has 0 aromatic heterocycles. The summed E-state index contributed by atoms with van der Waals surface area (Å²) in [6.07, 6.45) is -0.233. The lowest BCUT2D eigenvalue weighted by molar-refractivity contribution is -0.144. The van der Waals surface area contributed by atoms with Gasteiger partial charge in [0.1, 0.15) is 11.8 Å². The molecule has 1 aromatic carbocycles. The first-order chi connectivity index (χ1) is 9.45. The number of para-hydroxylation sites is 1. The van der Waals surface area contributed by atoms with Crippen molar-refractivity contribution < 1.29 is 19.4 Å². The molecule has 0 saturated carbocycles. The molecule has 5 heteroatoms. The van der Waals surface area contributed by atoms with Gasteiger partial charge in [-0.15, -0.1) is 0 Å². The van der Waals surface area contributed by atoms with E-state index in [1.807, 2.05) is 25.1 Å². The summed E-state index contributed by atoms with van der Waals surface area (Å²) in [5.74, 6) is -1.04. The van der Waals surface area contributed by atoms with Gasteiger partial charge in [-0.3, -0.25) is 4.79 Å². The van der Waals surface area contributed by atoms with Gasteiger partial charge in [0.2, 0.25) is 0 Å². The number of nitrogens with one attached hydrogen (secondary N) is 1. The lowest BCUT2D eigenvalue weighted by Gasteiger charge is -2.22. The van der Waals surface area contributed by atoms with Crippen LogP contribution in [0.4, 0.5) is 0 Å². The largest absolute Gasteiger partial charge is 0.481 e. The predicted molar refractivity (Wildman–Crippen MR) is 75.6 cm³/mol. The molecule has 1 aromatic rings. The maximum Gasteiger partial charge on any atom is 0.326 e. The summed E-state index contributed by atoms with van der Waals surface area (Å²) in [6, 6.07) is 8.09. The highest BCUT2D eigenvalue weighted by Gasteiger charge is 2.27. The van der Waals surface area contributed by atoms with Crippen molar-refractivity contribution >= 4 is 11.9 Å². The summed E-state index contributed by atoms with van der Waals surface area (Å²) < 4.78 is 5.58. The molecular weight excluding hydrogens is 258 g/mol. The molecule has 0 aliphatic carbocycles. The molecule has 0 radical (unpaired) electrons. The Labute approximate surface area is 118 Å². The number of hydrogen-bond acceptors (Lipinski definition) is 3. The summed E-state index contributed by atoms with van der Waals surface area (Å²) >= 11 is 0. The van der Waals surface area contributed by atoms with Crippen molar-refractivity contribution in [2.45, 2.75) is 39.3 Å². The highest BCUT2D eigenvalue weighted by atomic mass is 16.5. The number of benzene rings is 1. The molecule has 0 spiro atoms. The standard InChI is InChI=1S/C15H21NO4/c1-4-12(20-11-8-6-5-7-9-11)14(17)16-13(10(2)3)15(18)19/h5-10,12-13H,4H2,1-3H3,(H,16,17)(H,18,19)/t12?,13-/m0/s1. The molecule has 2 atom stereocenters. The molecule has 0 heterocycles. The van der Waals surface area contributed by atoms with Crippen LogP contribution in [0.15, 0.2) is 30.3 Å². The van der Waals surface area contributed by atoms with E-state index in [-0.39, 0.29) is 5.92 Å². The van der Waals surface area contributed by atoms with E-state index in [4.69, 9.17) is 9.84 Å². The first-order valence-electron chi connectivity index (χ1n) is 6.70. The second-order valence-electron chi connectivity index (χ2n) is 4.90. The Hall–Kier alpha value is -2.04. The first kappa shape index (κ1) is 16.0. The van der Waals surface area contributed by atoms with Crippen molar-refractivity contribution in [1.82, 2.24) is 5.32 Å². The zero-order chi connectivity index (χ0) is 15.1. The molecule has 20 heavy (non-hydrogen) atoms. The van der Waals surface area contributed by atoms with Crippen LogP contribution < -0.4 is 10.1 Å². The minimum absolute atomic E-state index is 0.189. The molecule has 1 amide bonds. The van der Waals surface area contributed by atoms with E-state index in [2.05, 4.69) is 5.32 Å². The highest BCUT2D eigenvalue weighted by Crippen LogP contribution is 2.13. The van der Waals surface area contributed by atoms with Crippen LogP contribution in [-0.4, -0.2) is 29.1 Å². The summed E-state index contributed by atoms with van der Waals surface area (Å²) in [6.45, 7) is 5.31. The Bertz CT molecular complexity index is 444. The van der Waals surface area contributed by atoms with Gasteiger partial charge in [-0.25, -0.2) is 4.79 Å². The number of aliphatic carboxylic acids is 1. The second kappa shape index (κ2) is 7.53. The van der Waals surface area contributed by atoms with Gasteiger partial charge in [0.05, 0.1) is 0 Å². The highest BCUT2D eigenvalue weighted by molar-refractivity contribution is 5.86. The van der Waals surface area contributed by atoms with Gasteiger partial charge < -0.3 is 15.2 Å². The Morgan fingerprint density at radius 2 is 1.85 bits per heavy atom. The van der Waals surface area contributed by atoms with E-state index >= 15 is 0 Å². The van der Waals surface area contributed by atoms with Gasteiger partial charge in [-0.05, 0) is 24.5 Å². The molecule has 2 N–H and O–H groups in total. The van der Waals surface area contributed by atoms with E-state index in [0.717, 1.165) is 0 Å². The Kier molecular flexibility index (Phi) is 6.03. The molecular formula is C15H21NO4. The van der Waals surface area contributed by atoms with E-state index in [1.165, 1.54) is 0 Å². The van der Waals surface area contributed by atoms with E-state index < -0.39 is 24.0 Å². The molecule has 0 fully saturated rings. The summed E-state index contributed by atoms with van der Waals surface area (Å²) in [5, 5.41) is 11.6. The van der Waals surface area contributed by atoms with Crippen molar-refractivity contribution in [3.05, 3.63) is 30.3 Å². The van der Waals surface area contributed by atoms with Crippen LogP contribution in [-0.2, 0) is 9.59 Å². The minimum atomic E-state index is -1.04. The van der Waals surface area contributed by atoms with Gasteiger partial charge in [0.15, 0.2) is 6.10 Å². The van der Waals surface area contributed by atoms with Crippen LogP contribution >= 0.6 is 0 Å².